The van der Waals surface area contributed by atoms with E-state index in [1.54, 1.807) is 30.3 Å². The fourth-order valence-corrected chi connectivity index (χ4v) is 1.98. The summed E-state index contributed by atoms with van der Waals surface area (Å²) in [5, 5.41) is 0. The van der Waals surface area contributed by atoms with Gasteiger partial charge in [0, 0.05) is 16.8 Å². The van der Waals surface area contributed by atoms with Gasteiger partial charge in [-0.15, -0.1) is 0 Å². The molecule has 0 radical (unpaired) electrons. The van der Waals surface area contributed by atoms with E-state index in [1.165, 1.54) is 0 Å². The van der Waals surface area contributed by atoms with Crippen LogP contribution in [0.3, 0.4) is 0 Å². The van der Waals surface area contributed by atoms with Crippen LogP contribution in [-0.4, -0.2) is 11.9 Å². The van der Waals surface area contributed by atoms with Gasteiger partial charge in [-0.1, -0.05) is 11.6 Å². The first kappa shape index (κ1) is 14.1. The molecule has 0 amide bonds. The molecule has 0 bridgehead atoms. The molecule has 2 aromatic carbocycles. The molecule has 0 saturated heterocycles. The maximum Gasteiger partial charge on any atom is 0.195 e. The fourth-order valence-electron chi connectivity index (χ4n) is 1.98. The van der Waals surface area contributed by atoms with Gasteiger partial charge in [-0.25, -0.2) is 0 Å². The summed E-state index contributed by atoms with van der Waals surface area (Å²) in [7, 11) is 0. The molecule has 20 heavy (non-hydrogen) atoms. The van der Waals surface area contributed by atoms with Crippen LogP contribution < -0.4 is 10.5 Å². The monoisotopic (exact) mass is 269 g/mol. The number of nitrogens with two attached hydrogens (primary N) is 1. The highest BCUT2D eigenvalue weighted by Crippen LogP contribution is 2.20. The summed E-state index contributed by atoms with van der Waals surface area (Å²) in [4.78, 5) is 12.4. The van der Waals surface area contributed by atoms with Gasteiger partial charge in [-0.2, -0.15) is 0 Å². The van der Waals surface area contributed by atoms with E-state index >= 15 is 0 Å². The van der Waals surface area contributed by atoms with E-state index in [1.807, 2.05) is 32.9 Å². The molecule has 0 aromatic heterocycles. The highest BCUT2D eigenvalue weighted by atomic mass is 16.5. The van der Waals surface area contributed by atoms with E-state index in [0.717, 1.165) is 11.3 Å². The highest BCUT2D eigenvalue weighted by molar-refractivity contribution is 6.12. The van der Waals surface area contributed by atoms with E-state index in [2.05, 4.69) is 0 Å². The van der Waals surface area contributed by atoms with Crippen molar-refractivity contribution in [3.05, 3.63) is 59.2 Å². The number of carbonyl (C=O) groups is 1. The summed E-state index contributed by atoms with van der Waals surface area (Å²) in [6.45, 7) is 5.87. The van der Waals surface area contributed by atoms with Gasteiger partial charge in [0.05, 0.1) is 6.10 Å². The van der Waals surface area contributed by atoms with E-state index in [9.17, 15) is 4.79 Å². The third kappa shape index (κ3) is 3.18. The minimum Gasteiger partial charge on any atom is -0.491 e. The normalized spacial score (nSPS) is 10.6. The number of benzene rings is 2. The lowest BCUT2D eigenvalue weighted by atomic mass is 10.00. The van der Waals surface area contributed by atoms with Crippen LogP contribution in [0.1, 0.15) is 35.3 Å². The Morgan fingerprint density at radius 3 is 2.35 bits per heavy atom. The average Bonchev–Trinajstić information content (AvgIpc) is 2.41. The predicted octanol–water partition coefficient (Wildman–Crippen LogP) is 3.60. The Labute approximate surface area is 119 Å². The van der Waals surface area contributed by atoms with Crippen LogP contribution >= 0.6 is 0 Å². The predicted molar refractivity (Wildman–Crippen MR) is 81.2 cm³/mol. The lowest BCUT2D eigenvalue weighted by molar-refractivity contribution is 0.103. The number of hydrogen-bond acceptors (Lipinski definition) is 3. The first-order chi connectivity index (χ1) is 9.47. The number of aryl methyl sites for hydroxylation is 1. The largest absolute Gasteiger partial charge is 0.491 e. The Morgan fingerprint density at radius 1 is 1.10 bits per heavy atom. The number of nitrogen functional groups attached to an aromatic ring is 1. The van der Waals surface area contributed by atoms with Crippen LogP contribution in [0.4, 0.5) is 5.69 Å². The van der Waals surface area contributed by atoms with Crippen molar-refractivity contribution in [3.63, 3.8) is 0 Å². The Kier molecular flexibility index (Phi) is 4.08. The minimum atomic E-state index is -0.0673. The number of ether oxygens (including phenoxy) is 1. The van der Waals surface area contributed by atoms with Crippen molar-refractivity contribution in [2.45, 2.75) is 26.9 Å². The van der Waals surface area contributed by atoms with Gasteiger partial charge in [0.2, 0.25) is 0 Å². The molecule has 2 rings (SSSR count). The molecule has 0 heterocycles. The van der Waals surface area contributed by atoms with Crippen LogP contribution in [0.15, 0.2) is 42.5 Å². The van der Waals surface area contributed by atoms with E-state index in [-0.39, 0.29) is 11.9 Å². The second-order valence-electron chi connectivity index (χ2n) is 5.11. The van der Waals surface area contributed by atoms with Crippen molar-refractivity contribution in [2.24, 2.45) is 0 Å². The second kappa shape index (κ2) is 5.78. The van der Waals surface area contributed by atoms with Crippen molar-refractivity contribution in [2.75, 3.05) is 5.73 Å². The summed E-state index contributed by atoms with van der Waals surface area (Å²) >= 11 is 0. The lowest BCUT2D eigenvalue weighted by Gasteiger charge is -2.10. The first-order valence-electron chi connectivity index (χ1n) is 6.65. The van der Waals surface area contributed by atoms with Crippen molar-refractivity contribution in [3.8, 4) is 5.75 Å². The SMILES string of the molecule is Cc1ccc(N)c(C(=O)c2ccc(OC(C)C)cc2)c1. The van der Waals surface area contributed by atoms with Crippen LogP contribution in [-0.2, 0) is 0 Å². The number of hydrogen-bond donors (Lipinski definition) is 1. The highest BCUT2D eigenvalue weighted by Gasteiger charge is 2.12. The number of anilines is 1. The van der Waals surface area contributed by atoms with Gasteiger partial charge in [0.1, 0.15) is 5.75 Å². The Bertz CT molecular complexity index is 615. The molecule has 0 aliphatic rings. The fraction of sp³-hybridized carbons (Fsp3) is 0.235. The van der Waals surface area contributed by atoms with Gasteiger partial charge in [0.15, 0.2) is 5.78 Å². The quantitative estimate of drug-likeness (QED) is 0.681. The number of carbonyl (C=O) groups excluding carboxylic acids is 1. The first-order valence-corrected chi connectivity index (χ1v) is 6.65. The van der Waals surface area contributed by atoms with Crippen molar-refractivity contribution in [1.29, 1.82) is 0 Å². The molecule has 0 atom stereocenters. The molecule has 0 saturated carbocycles. The molecule has 0 aliphatic heterocycles. The molecule has 0 unspecified atom stereocenters. The maximum absolute atomic E-state index is 12.4. The summed E-state index contributed by atoms with van der Waals surface area (Å²) in [5.74, 6) is 0.691. The van der Waals surface area contributed by atoms with Gasteiger partial charge in [0.25, 0.3) is 0 Å². The van der Waals surface area contributed by atoms with Crippen molar-refractivity contribution < 1.29 is 9.53 Å². The van der Waals surface area contributed by atoms with Crippen LogP contribution in [0.2, 0.25) is 0 Å². The smallest absolute Gasteiger partial charge is 0.195 e. The zero-order valence-electron chi connectivity index (χ0n) is 12.0. The van der Waals surface area contributed by atoms with Crippen LogP contribution in [0.25, 0.3) is 0 Å². The molecule has 2 N–H and O–H groups in total. The summed E-state index contributed by atoms with van der Waals surface area (Å²) < 4.78 is 5.56. The maximum atomic E-state index is 12.4. The number of rotatable bonds is 4. The summed E-state index contributed by atoms with van der Waals surface area (Å²) in [5.41, 5.74) is 8.55. The standard InChI is InChI=1S/C17H19NO2/c1-11(2)20-14-7-5-13(6-8-14)17(19)15-10-12(3)4-9-16(15)18/h4-11H,18H2,1-3H3. The summed E-state index contributed by atoms with van der Waals surface area (Å²) in [6, 6.07) is 12.6. The molecule has 104 valence electrons. The summed E-state index contributed by atoms with van der Waals surface area (Å²) in [6.07, 6.45) is 0.115. The Hall–Kier alpha value is -2.29. The van der Waals surface area contributed by atoms with Gasteiger partial charge in [-0.05, 0) is 57.2 Å². The Balaban J connectivity index is 2.27. The molecular formula is C17H19NO2. The zero-order valence-corrected chi connectivity index (χ0v) is 12.0. The van der Waals surface area contributed by atoms with E-state index < -0.39 is 0 Å². The zero-order chi connectivity index (χ0) is 14.7. The molecule has 0 fully saturated rings. The molecular weight excluding hydrogens is 250 g/mol. The van der Waals surface area contributed by atoms with Crippen molar-refractivity contribution in [1.82, 2.24) is 0 Å². The van der Waals surface area contributed by atoms with E-state index in [4.69, 9.17) is 10.5 Å². The van der Waals surface area contributed by atoms with Gasteiger partial charge < -0.3 is 10.5 Å². The van der Waals surface area contributed by atoms with Gasteiger partial charge >= 0.3 is 0 Å². The van der Waals surface area contributed by atoms with E-state index in [0.29, 0.717) is 16.8 Å². The third-order valence-corrected chi connectivity index (χ3v) is 2.94. The second-order valence-corrected chi connectivity index (χ2v) is 5.11. The molecule has 0 aliphatic carbocycles. The molecule has 3 nitrogen and oxygen atoms in total. The van der Waals surface area contributed by atoms with Crippen LogP contribution in [0.5, 0.6) is 5.75 Å². The van der Waals surface area contributed by atoms with Crippen molar-refractivity contribution >= 4 is 11.5 Å². The third-order valence-electron chi connectivity index (χ3n) is 2.94. The topological polar surface area (TPSA) is 52.3 Å². The lowest BCUT2D eigenvalue weighted by Crippen LogP contribution is -2.07. The van der Waals surface area contributed by atoms with Gasteiger partial charge in [-0.3, -0.25) is 4.79 Å². The molecule has 2 aromatic rings. The molecule has 0 spiro atoms. The minimum absolute atomic E-state index is 0.0673. The van der Waals surface area contributed by atoms with Crippen LogP contribution in [0, 0.1) is 6.92 Å². The average molecular weight is 269 g/mol. The number of ketones is 1. The Morgan fingerprint density at radius 2 is 1.75 bits per heavy atom. The molecule has 3 heteroatoms.